The monoisotopic (exact) mass is 300 g/mol. The molecule has 1 aromatic carbocycles. The van der Waals surface area contributed by atoms with Gasteiger partial charge in [0.05, 0.1) is 4.92 Å². The summed E-state index contributed by atoms with van der Waals surface area (Å²) in [6, 6.07) is 6.51. The summed E-state index contributed by atoms with van der Waals surface area (Å²) in [6.45, 7) is 3.97. The Morgan fingerprint density at radius 3 is 2.50 bits per heavy atom. The van der Waals surface area contributed by atoms with E-state index in [-0.39, 0.29) is 5.69 Å². The minimum atomic E-state index is -0.403. The number of nitrogens with zero attached hydrogens (tertiary/aromatic N) is 3. The van der Waals surface area contributed by atoms with E-state index in [0.717, 1.165) is 36.1 Å². The lowest BCUT2D eigenvalue weighted by atomic mass is 10.0. The molecule has 6 nitrogen and oxygen atoms in total. The minimum Gasteiger partial charge on any atom is -0.383 e. The van der Waals surface area contributed by atoms with Gasteiger partial charge in [-0.3, -0.25) is 10.1 Å². The molecular formula is C16H20N4O2. The van der Waals surface area contributed by atoms with Crippen molar-refractivity contribution in [3.8, 4) is 0 Å². The van der Waals surface area contributed by atoms with Gasteiger partial charge in [0.25, 0.3) is 5.69 Å². The molecule has 0 spiro atoms. The molecule has 2 rings (SSSR count). The molecule has 1 heterocycles. The number of aromatic nitrogens is 2. The van der Waals surface area contributed by atoms with E-state index in [9.17, 15) is 10.1 Å². The maximum atomic E-state index is 10.7. The van der Waals surface area contributed by atoms with Gasteiger partial charge in [-0.25, -0.2) is 9.97 Å². The zero-order valence-corrected chi connectivity index (χ0v) is 12.9. The molecule has 0 atom stereocenters. The Kier molecular flexibility index (Phi) is 5.04. The molecule has 0 aliphatic heterocycles. The molecule has 2 N–H and O–H groups in total. The molecule has 0 aliphatic carbocycles. The maximum absolute atomic E-state index is 10.7. The highest BCUT2D eigenvalue weighted by Gasteiger charge is 2.12. The van der Waals surface area contributed by atoms with Gasteiger partial charge >= 0.3 is 0 Å². The SMILES string of the molecule is CCCCc1nc(C)nc(N)c1Cc1ccc([N+](=O)[O-])cc1. The Bertz CT molecular complexity index is 669. The smallest absolute Gasteiger partial charge is 0.269 e. The lowest BCUT2D eigenvalue weighted by Crippen LogP contribution is -2.08. The fourth-order valence-corrected chi connectivity index (χ4v) is 2.36. The number of nitrogen functional groups attached to an aromatic ring is 1. The molecule has 0 radical (unpaired) electrons. The third-order valence-corrected chi connectivity index (χ3v) is 3.53. The average molecular weight is 300 g/mol. The normalized spacial score (nSPS) is 10.6. The first-order chi connectivity index (χ1) is 10.5. The van der Waals surface area contributed by atoms with Gasteiger partial charge in [-0.1, -0.05) is 25.5 Å². The summed E-state index contributed by atoms with van der Waals surface area (Å²) >= 11 is 0. The predicted molar refractivity (Wildman–Crippen MR) is 85.7 cm³/mol. The molecule has 116 valence electrons. The minimum absolute atomic E-state index is 0.0862. The van der Waals surface area contributed by atoms with Crippen LogP contribution in [0, 0.1) is 17.0 Å². The van der Waals surface area contributed by atoms with Crippen LogP contribution in [0.5, 0.6) is 0 Å². The largest absolute Gasteiger partial charge is 0.383 e. The second kappa shape index (κ2) is 6.98. The summed E-state index contributed by atoms with van der Waals surface area (Å²) in [5.74, 6) is 1.17. The number of hydrogen-bond acceptors (Lipinski definition) is 5. The van der Waals surface area contributed by atoms with Crippen molar-refractivity contribution in [1.82, 2.24) is 9.97 Å². The fourth-order valence-electron chi connectivity index (χ4n) is 2.36. The topological polar surface area (TPSA) is 94.9 Å². The fraction of sp³-hybridized carbons (Fsp3) is 0.375. The highest BCUT2D eigenvalue weighted by molar-refractivity contribution is 5.46. The first-order valence-electron chi connectivity index (χ1n) is 7.36. The molecule has 0 amide bonds. The van der Waals surface area contributed by atoms with Crippen LogP contribution in [-0.2, 0) is 12.8 Å². The van der Waals surface area contributed by atoms with Gasteiger partial charge in [-0.2, -0.15) is 0 Å². The van der Waals surface area contributed by atoms with Crippen molar-refractivity contribution < 1.29 is 4.92 Å². The highest BCUT2D eigenvalue weighted by Crippen LogP contribution is 2.21. The molecule has 1 aromatic heterocycles. The molecule has 0 bridgehead atoms. The average Bonchev–Trinajstić information content (AvgIpc) is 2.48. The van der Waals surface area contributed by atoms with Crippen molar-refractivity contribution in [2.75, 3.05) is 5.73 Å². The molecule has 0 aliphatic rings. The Balaban J connectivity index is 2.29. The summed E-state index contributed by atoms with van der Waals surface area (Å²) in [5, 5.41) is 10.7. The quantitative estimate of drug-likeness (QED) is 0.653. The van der Waals surface area contributed by atoms with Crippen LogP contribution in [0.1, 0.15) is 42.4 Å². The molecule has 0 saturated heterocycles. The van der Waals surface area contributed by atoms with Gasteiger partial charge in [0.15, 0.2) is 0 Å². The Morgan fingerprint density at radius 2 is 1.91 bits per heavy atom. The number of nitro benzene ring substituents is 1. The first-order valence-corrected chi connectivity index (χ1v) is 7.36. The molecule has 0 saturated carbocycles. The number of rotatable bonds is 6. The van der Waals surface area contributed by atoms with Crippen LogP contribution in [0.3, 0.4) is 0 Å². The number of hydrogen-bond donors (Lipinski definition) is 1. The van der Waals surface area contributed by atoms with Gasteiger partial charge in [-0.15, -0.1) is 0 Å². The van der Waals surface area contributed by atoms with Gasteiger partial charge in [-0.05, 0) is 25.3 Å². The number of unbranched alkanes of at least 4 members (excludes halogenated alkanes) is 1. The van der Waals surface area contributed by atoms with E-state index in [1.807, 2.05) is 6.92 Å². The number of nitrogens with two attached hydrogens (primary N) is 1. The summed E-state index contributed by atoms with van der Waals surface area (Å²) in [4.78, 5) is 19.1. The van der Waals surface area contributed by atoms with E-state index in [2.05, 4.69) is 16.9 Å². The summed E-state index contributed by atoms with van der Waals surface area (Å²) in [6.07, 6.45) is 3.58. The predicted octanol–water partition coefficient (Wildman–Crippen LogP) is 3.21. The van der Waals surface area contributed by atoms with Gasteiger partial charge in [0.2, 0.25) is 0 Å². The number of aryl methyl sites for hydroxylation is 2. The zero-order chi connectivity index (χ0) is 16.1. The molecule has 2 aromatic rings. The summed E-state index contributed by atoms with van der Waals surface area (Å²) in [7, 11) is 0. The van der Waals surface area contributed by atoms with Gasteiger partial charge < -0.3 is 5.73 Å². The molecule has 6 heteroatoms. The Morgan fingerprint density at radius 1 is 1.23 bits per heavy atom. The second-order valence-corrected chi connectivity index (χ2v) is 5.29. The van der Waals surface area contributed by atoms with E-state index < -0.39 is 4.92 Å². The standard InChI is InChI=1S/C16H20N4O2/c1-3-4-5-15-14(16(17)19-11(2)18-15)10-12-6-8-13(9-7-12)20(21)22/h6-9H,3-5,10H2,1-2H3,(H2,17,18,19). The second-order valence-electron chi connectivity index (χ2n) is 5.29. The van der Waals surface area contributed by atoms with E-state index >= 15 is 0 Å². The lowest BCUT2D eigenvalue weighted by molar-refractivity contribution is -0.384. The van der Waals surface area contributed by atoms with Crippen molar-refractivity contribution in [3.05, 3.63) is 57.0 Å². The Hall–Kier alpha value is -2.50. The van der Waals surface area contributed by atoms with Crippen LogP contribution in [0.4, 0.5) is 11.5 Å². The van der Waals surface area contributed by atoms with E-state index in [1.54, 1.807) is 12.1 Å². The van der Waals surface area contributed by atoms with Crippen LogP contribution in [-0.4, -0.2) is 14.9 Å². The van der Waals surface area contributed by atoms with Crippen LogP contribution in [0.15, 0.2) is 24.3 Å². The van der Waals surface area contributed by atoms with Crippen molar-refractivity contribution in [3.63, 3.8) is 0 Å². The Labute approximate surface area is 129 Å². The van der Waals surface area contributed by atoms with Crippen molar-refractivity contribution >= 4 is 11.5 Å². The number of benzene rings is 1. The van der Waals surface area contributed by atoms with Gasteiger partial charge in [0, 0.05) is 29.8 Å². The number of anilines is 1. The number of non-ortho nitro benzene ring substituents is 1. The van der Waals surface area contributed by atoms with Crippen LogP contribution < -0.4 is 5.73 Å². The van der Waals surface area contributed by atoms with Crippen molar-refractivity contribution in [2.24, 2.45) is 0 Å². The van der Waals surface area contributed by atoms with Crippen LogP contribution in [0.2, 0.25) is 0 Å². The summed E-state index contributed by atoms with van der Waals surface area (Å²) in [5.41, 5.74) is 9.01. The van der Waals surface area contributed by atoms with E-state index in [1.165, 1.54) is 12.1 Å². The van der Waals surface area contributed by atoms with Crippen LogP contribution >= 0.6 is 0 Å². The van der Waals surface area contributed by atoms with Crippen molar-refractivity contribution in [1.29, 1.82) is 0 Å². The van der Waals surface area contributed by atoms with Crippen molar-refractivity contribution in [2.45, 2.75) is 39.5 Å². The van der Waals surface area contributed by atoms with E-state index in [0.29, 0.717) is 18.1 Å². The zero-order valence-electron chi connectivity index (χ0n) is 12.9. The molecular weight excluding hydrogens is 280 g/mol. The van der Waals surface area contributed by atoms with E-state index in [4.69, 9.17) is 5.73 Å². The maximum Gasteiger partial charge on any atom is 0.269 e. The molecule has 0 fully saturated rings. The molecule has 0 unspecified atom stereocenters. The number of nitro groups is 1. The highest BCUT2D eigenvalue weighted by atomic mass is 16.6. The van der Waals surface area contributed by atoms with Crippen LogP contribution in [0.25, 0.3) is 0 Å². The lowest BCUT2D eigenvalue weighted by Gasteiger charge is -2.12. The van der Waals surface area contributed by atoms with Gasteiger partial charge in [0.1, 0.15) is 11.6 Å². The summed E-state index contributed by atoms with van der Waals surface area (Å²) < 4.78 is 0. The third kappa shape index (κ3) is 3.78. The first kappa shape index (κ1) is 15.9. The third-order valence-electron chi connectivity index (χ3n) is 3.53. The molecule has 22 heavy (non-hydrogen) atoms.